The summed E-state index contributed by atoms with van der Waals surface area (Å²) < 4.78 is 24.6. The van der Waals surface area contributed by atoms with Gasteiger partial charge in [0.15, 0.2) is 5.65 Å². The molecule has 2 atom stereocenters. The zero-order valence-corrected chi connectivity index (χ0v) is 22.5. The number of hydrogen-bond donors (Lipinski definition) is 0. The Morgan fingerprint density at radius 3 is 2.34 bits per heavy atom. The van der Waals surface area contributed by atoms with Gasteiger partial charge in [-0.1, -0.05) is 0 Å². The lowest BCUT2D eigenvalue weighted by atomic mass is 10.0. The molecular formula is C27H33FN8O2. The smallest absolute Gasteiger partial charge is 0.410 e. The minimum absolute atomic E-state index is 0.256. The molecule has 0 radical (unpaired) electrons. The second kappa shape index (κ2) is 8.92. The second-order valence-corrected chi connectivity index (χ2v) is 11.2. The molecule has 6 rings (SSSR count). The van der Waals surface area contributed by atoms with Gasteiger partial charge in [0, 0.05) is 56.7 Å². The van der Waals surface area contributed by atoms with E-state index in [9.17, 15) is 4.79 Å². The van der Waals surface area contributed by atoms with Crippen LogP contribution in [0.4, 0.5) is 15.1 Å². The van der Waals surface area contributed by atoms with E-state index in [2.05, 4.69) is 14.9 Å². The number of hydrogen-bond acceptors (Lipinski definition) is 7. The molecule has 200 valence electrons. The molecule has 10 nitrogen and oxygen atoms in total. The number of ether oxygens (including phenoxy) is 1. The van der Waals surface area contributed by atoms with Crippen LogP contribution in [0, 0.1) is 17.7 Å². The summed E-state index contributed by atoms with van der Waals surface area (Å²) in [6.45, 7) is 13.8. The first-order valence-corrected chi connectivity index (χ1v) is 13.3. The van der Waals surface area contributed by atoms with Crippen LogP contribution in [0.25, 0.3) is 33.5 Å². The van der Waals surface area contributed by atoms with Gasteiger partial charge >= 0.3 is 6.09 Å². The molecule has 0 N–H and O–H groups in total. The molecule has 2 fully saturated rings. The lowest BCUT2D eigenvalue weighted by molar-refractivity contribution is 0.0282. The van der Waals surface area contributed by atoms with E-state index in [0.29, 0.717) is 71.8 Å². The standard InChI is InChI=1S/C27H33FN8O2/c1-6-33-14-29-20-9-16(8-19(28)23(20)33)21-22-24(34(7-2)15-30-22)32-25(31-21)35-10-17-12-36(13-18(17)11-35)26(37)38-27(3,4)5/h8-9,14-15,17-18H,6-7,10-13H2,1-5H3. The van der Waals surface area contributed by atoms with Gasteiger partial charge in [-0.05, 0) is 46.8 Å². The summed E-state index contributed by atoms with van der Waals surface area (Å²) >= 11 is 0. The average molecular weight is 521 g/mol. The zero-order chi connectivity index (χ0) is 26.8. The average Bonchev–Trinajstić information content (AvgIpc) is 3.63. The number of halogens is 1. The predicted molar refractivity (Wildman–Crippen MR) is 142 cm³/mol. The van der Waals surface area contributed by atoms with Crippen LogP contribution in [0.3, 0.4) is 0 Å². The highest BCUT2D eigenvalue weighted by Crippen LogP contribution is 2.36. The molecule has 4 aromatic rings. The van der Waals surface area contributed by atoms with E-state index in [1.54, 1.807) is 17.2 Å². The van der Waals surface area contributed by atoms with Crippen LogP contribution in [0.1, 0.15) is 34.6 Å². The van der Waals surface area contributed by atoms with Crippen LogP contribution in [-0.4, -0.2) is 71.8 Å². The molecule has 2 aliphatic rings. The fraction of sp³-hybridized carbons (Fsp3) is 0.519. The minimum Gasteiger partial charge on any atom is -0.444 e. The number of imidazole rings is 2. The summed E-state index contributed by atoms with van der Waals surface area (Å²) in [5, 5.41) is 0. The number of aromatic nitrogens is 6. The maximum Gasteiger partial charge on any atom is 0.410 e. The highest BCUT2D eigenvalue weighted by Gasteiger charge is 2.43. The number of fused-ring (bicyclic) bond motifs is 3. The van der Waals surface area contributed by atoms with Gasteiger partial charge in [-0.25, -0.2) is 24.1 Å². The molecular weight excluding hydrogens is 487 g/mol. The van der Waals surface area contributed by atoms with Gasteiger partial charge in [0.25, 0.3) is 0 Å². The first-order valence-electron chi connectivity index (χ1n) is 13.3. The van der Waals surface area contributed by atoms with Crippen LogP contribution in [0.5, 0.6) is 0 Å². The number of amides is 1. The van der Waals surface area contributed by atoms with Crippen molar-refractivity contribution in [3.05, 3.63) is 30.6 Å². The van der Waals surface area contributed by atoms with E-state index < -0.39 is 5.60 Å². The fourth-order valence-electron chi connectivity index (χ4n) is 5.67. The largest absolute Gasteiger partial charge is 0.444 e. The van der Waals surface area contributed by atoms with Crippen LogP contribution < -0.4 is 4.90 Å². The van der Waals surface area contributed by atoms with Crippen molar-refractivity contribution in [1.82, 2.24) is 34.0 Å². The third-order valence-corrected chi connectivity index (χ3v) is 7.49. The maximum atomic E-state index is 15.3. The normalized spacial score (nSPS) is 19.6. The Balaban J connectivity index is 1.33. The molecule has 0 bridgehead atoms. The highest BCUT2D eigenvalue weighted by atomic mass is 19.1. The molecule has 3 aromatic heterocycles. The van der Waals surface area contributed by atoms with Gasteiger partial charge in [0.2, 0.25) is 5.95 Å². The van der Waals surface area contributed by atoms with Crippen LogP contribution in [0.2, 0.25) is 0 Å². The number of aryl methyl sites for hydroxylation is 2. The van der Waals surface area contributed by atoms with Crippen molar-refractivity contribution in [1.29, 1.82) is 0 Å². The van der Waals surface area contributed by atoms with Gasteiger partial charge in [0.05, 0.1) is 18.2 Å². The summed E-state index contributed by atoms with van der Waals surface area (Å²) in [6, 6.07) is 3.39. The van der Waals surface area contributed by atoms with E-state index in [1.165, 1.54) is 6.07 Å². The Kier molecular flexibility index (Phi) is 5.77. The van der Waals surface area contributed by atoms with Gasteiger partial charge in [0.1, 0.15) is 28.1 Å². The molecule has 1 aromatic carbocycles. The number of nitrogens with zero attached hydrogens (tertiary/aromatic N) is 8. The molecule has 0 spiro atoms. The SMILES string of the molecule is CCn1cnc2c(-c3cc(F)c4c(c3)ncn4CC)nc(N3CC4CN(C(=O)OC(C)(C)C)CC4C3)nc21. The molecule has 2 aliphatic heterocycles. The van der Waals surface area contributed by atoms with E-state index in [-0.39, 0.29) is 11.9 Å². The van der Waals surface area contributed by atoms with Gasteiger partial charge in [-0.3, -0.25) is 0 Å². The third-order valence-electron chi connectivity index (χ3n) is 7.49. The Bertz CT molecular complexity index is 1520. The number of anilines is 1. The number of rotatable bonds is 4. The highest BCUT2D eigenvalue weighted by molar-refractivity contribution is 5.92. The molecule has 2 unspecified atom stereocenters. The monoisotopic (exact) mass is 520 g/mol. The van der Waals surface area contributed by atoms with Crippen molar-refractivity contribution < 1.29 is 13.9 Å². The molecule has 0 aliphatic carbocycles. The number of likely N-dealkylation sites (tertiary alicyclic amines) is 1. The summed E-state index contributed by atoms with van der Waals surface area (Å²) in [4.78, 5) is 35.4. The molecule has 2 saturated heterocycles. The Morgan fingerprint density at radius 2 is 1.68 bits per heavy atom. The fourth-order valence-corrected chi connectivity index (χ4v) is 5.67. The molecule has 11 heteroatoms. The van der Waals surface area contributed by atoms with Gasteiger partial charge in [-0.15, -0.1) is 0 Å². The lowest BCUT2D eigenvalue weighted by Crippen LogP contribution is -2.37. The van der Waals surface area contributed by atoms with Crippen molar-refractivity contribution in [2.24, 2.45) is 11.8 Å². The van der Waals surface area contributed by atoms with Crippen LogP contribution >= 0.6 is 0 Å². The summed E-state index contributed by atoms with van der Waals surface area (Å²) in [6.07, 6.45) is 3.16. The molecule has 38 heavy (non-hydrogen) atoms. The second-order valence-electron chi connectivity index (χ2n) is 11.2. The summed E-state index contributed by atoms with van der Waals surface area (Å²) in [5.41, 5.74) is 3.14. The van der Waals surface area contributed by atoms with E-state index >= 15 is 4.39 Å². The van der Waals surface area contributed by atoms with Gasteiger partial charge in [-0.2, -0.15) is 4.98 Å². The third kappa shape index (κ3) is 4.13. The number of carbonyl (C=O) groups is 1. The molecule has 0 saturated carbocycles. The number of carbonyl (C=O) groups excluding carboxylic acids is 1. The minimum atomic E-state index is -0.514. The van der Waals surface area contributed by atoms with Crippen molar-refractivity contribution in [3.8, 4) is 11.3 Å². The van der Waals surface area contributed by atoms with Crippen molar-refractivity contribution >= 4 is 34.2 Å². The lowest BCUT2D eigenvalue weighted by Gasteiger charge is -2.26. The van der Waals surface area contributed by atoms with Crippen molar-refractivity contribution in [2.45, 2.75) is 53.3 Å². The quantitative estimate of drug-likeness (QED) is 0.395. The molecule has 1 amide bonds. The maximum absolute atomic E-state index is 15.3. The van der Waals surface area contributed by atoms with Crippen LogP contribution in [-0.2, 0) is 17.8 Å². The summed E-state index contributed by atoms with van der Waals surface area (Å²) in [5.74, 6) is 0.889. The Hall–Kier alpha value is -3.76. The van der Waals surface area contributed by atoms with Crippen molar-refractivity contribution in [2.75, 3.05) is 31.1 Å². The van der Waals surface area contributed by atoms with Crippen LogP contribution in [0.15, 0.2) is 24.8 Å². The van der Waals surface area contributed by atoms with E-state index in [0.717, 1.165) is 18.7 Å². The van der Waals surface area contributed by atoms with Gasteiger partial charge < -0.3 is 23.7 Å². The molecule has 5 heterocycles. The van der Waals surface area contributed by atoms with Crippen molar-refractivity contribution in [3.63, 3.8) is 0 Å². The first kappa shape index (κ1) is 24.6. The van der Waals surface area contributed by atoms with E-state index in [4.69, 9.17) is 14.7 Å². The Morgan fingerprint density at radius 1 is 1.00 bits per heavy atom. The van der Waals surface area contributed by atoms with E-state index in [1.807, 2.05) is 50.2 Å². The Labute approximate surface area is 220 Å². The first-order chi connectivity index (χ1) is 18.1. The predicted octanol–water partition coefficient (Wildman–Crippen LogP) is 4.33. The summed E-state index contributed by atoms with van der Waals surface area (Å²) in [7, 11) is 0. The topological polar surface area (TPSA) is 94.2 Å². The number of benzene rings is 1. The zero-order valence-electron chi connectivity index (χ0n) is 22.5.